The number of aromatic amines is 2. The van der Waals surface area contributed by atoms with Crippen LogP contribution in [-0.4, -0.2) is 38.0 Å². The summed E-state index contributed by atoms with van der Waals surface area (Å²) in [5, 5.41) is 22.0. The van der Waals surface area contributed by atoms with Crippen molar-refractivity contribution >= 4 is 33.9 Å². The van der Waals surface area contributed by atoms with Crippen molar-refractivity contribution in [1.29, 1.82) is 5.26 Å². The number of aryl methyl sites for hydroxylation is 1. The number of fused-ring (bicyclic) bond motifs is 1. The van der Waals surface area contributed by atoms with Gasteiger partial charge in [-0.2, -0.15) is 5.26 Å². The average Bonchev–Trinajstić information content (AvgIpc) is 3.89. The fourth-order valence-corrected chi connectivity index (χ4v) is 6.58. The van der Waals surface area contributed by atoms with Crippen LogP contribution in [0, 0.1) is 18.3 Å². The first-order valence-electron chi connectivity index (χ1n) is 17.0. The maximum Gasteiger partial charge on any atom is 0.103 e. The van der Waals surface area contributed by atoms with Gasteiger partial charge in [-0.15, -0.1) is 0 Å². The third-order valence-corrected chi connectivity index (χ3v) is 9.23. The second kappa shape index (κ2) is 15.8. The zero-order chi connectivity index (χ0) is 35.0. The van der Waals surface area contributed by atoms with Crippen molar-refractivity contribution in [3.63, 3.8) is 0 Å². The number of aromatic nitrogens is 5. The van der Waals surface area contributed by atoms with Crippen molar-refractivity contribution in [3.05, 3.63) is 149 Å². The van der Waals surface area contributed by atoms with Crippen molar-refractivity contribution in [2.45, 2.75) is 32.9 Å². The van der Waals surface area contributed by atoms with Gasteiger partial charge in [-0.3, -0.25) is 4.98 Å². The molecule has 4 aromatic carbocycles. The minimum atomic E-state index is 0.449. The van der Waals surface area contributed by atoms with E-state index in [0.29, 0.717) is 16.3 Å². The summed E-state index contributed by atoms with van der Waals surface area (Å²) in [5.41, 5.74) is 12.4. The molecule has 0 amide bonds. The Labute approximate surface area is 302 Å². The normalized spacial score (nSPS) is 11.2. The predicted octanol–water partition coefficient (Wildman–Crippen LogP) is 8.26. The van der Waals surface area contributed by atoms with Crippen molar-refractivity contribution in [2.24, 2.45) is 0 Å². The Morgan fingerprint density at radius 3 is 1.92 bits per heavy atom. The second-order valence-corrected chi connectivity index (χ2v) is 12.9. The van der Waals surface area contributed by atoms with Gasteiger partial charge in [0.2, 0.25) is 0 Å². The maximum absolute atomic E-state index is 10.1. The number of nitrogens with zero attached hydrogens (tertiary/aromatic N) is 4. The molecule has 3 heterocycles. The number of hydrogen-bond acceptors (Lipinski definition) is 7. The quantitative estimate of drug-likeness (QED) is 0.0726. The van der Waals surface area contributed by atoms with Crippen LogP contribution in [0.1, 0.15) is 33.6 Å². The summed E-state index contributed by atoms with van der Waals surface area (Å²) in [5.74, 6) is 0. The number of pyridine rings is 1. The first kappa shape index (κ1) is 33.7. The van der Waals surface area contributed by atoms with Gasteiger partial charge in [-0.1, -0.05) is 60.1 Å². The Bertz CT molecular complexity index is 2270. The number of anilines is 2. The second-order valence-electron chi connectivity index (χ2n) is 12.5. The lowest BCUT2D eigenvalue weighted by Crippen LogP contribution is -2.16. The molecule has 7 aromatic rings. The molecule has 3 aromatic heterocycles. The van der Waals surface area contributed by atoms with Crippen LogP contribution in [0.3, 0.4) is 0 Å². The Hall–Kier alpha value is -5.79. The molecule has 10 heteroatoms. The van der Waals surface area contributed by atoms with Crippen LogP contribution in [0.2, 0.25) is 5.02 Å². The van der Waals surface area contributed by atoms with Crippen molar-refractivity contribution in [1.82, 2.24) is 35.6 Å². The van der Waals surface area contributed by atoms with E-state index in [1.54, 1.807) is 18.9 Å². The zero-order valence-electron chi connectivity index (χ0n) is 28.3. The van der Waals surface area contributed by atoms with Crippen molar-refractivity contribution in [2.75, 3.05) is 18.4 Å². The lowest BCUT2D eigenvalue weighted by Gasteiger charge is -2.17. The fraction of sp³-hybridized carbons (Fsp3) is 0.171. The number of halogens is 1. The van der Waals surface area contributed by atoms with Crippen LogP contribution in [0.25, 0.3) is 33.2 Å². The molecule has 0 aliphatic heterocycles. The van der Waals surface area contributed by atoms with Crippen LogP contribution in [0.5, 0.6) is 0 Å². The molecule has 0 bridgehead atoms. The van der Waals surface area contributed by atoms with Gasteiger partial charge in [-0.25, -0.2) is 9.97 Å². The van der Waals surface area contributed by atoms with Crippen molar-refractivity contribution in [3.8, 4) is 28.3 Å². The van der Waals surface area contributed by atoms with Gasteiger partial charge in [-0.05, 0) is 76.2 Å². The summed E-state index contributed by atoms with van der Waals surface area (Å²) in [6, 6.07) is 29.6. The molecule has 0 fully saturated rings. The van der Waals surface area contributed by atoms with Gasteiger partial charge < -0.3 is 25.9 Å². The molecular formula is C41H38ClN9. The molecule has 0 radical (unpaired) electrons. The summed E-state index contributed by atoms with van der Waals surface area (Å²) in [6.45, 7) is 5.24. The summed E-state index contributed by atoms with van der Waals surface area (Å²) in [7, 11) is 0. The third kappa shape index (κ3) is 8.17. The Morgan fingerprint density at radius 2 is 1.33 bits per heavy atom. The molecule has 0 spiro atoms. The highest BCUT2D eigenvalue weighted by molar-refractivity contribution is 6.34. The minimum absolute atomic E-state index is 0.449. The average molecular weight is 692 g/mol. The number of nitriles is 1. The smallest absolute Gasteiger partial charge is 0.103 e. The molecule has 9 nitrogen and oxygen atoms in total. The molecule has 5 N–H and O–H groups in total. The van der Waals surface area contributed by atoms with Crippen LogP contribution in [-0.2, 0) is 25.9 Å². The first-order chi connectivity index (χ1) is 25.0. The molecule has 51 heavy (non-hydrogen) atoms. The number of hydrogen-bond donors (Lipinski definition) is 5. The molecule has 0 aliphatic carbocycles. The molecule has 0 atom stereocenters. The zero-order valence-corrected chi connectivity index (χ0v) is 29.1. The largest absolute Gasteiger partial charge is 0.352 e. The third-order valence-electron chi connectivity index (χ3n) is 8.93. The summed E-state index contributed by atoms with van der Waals surface area (Å²) >= 11 is 6.97. The molecule has 7 rings (SSSR count). The predicted molar refractivity (Wildman–Crippen MR) is 205 cm³/mol. The van der Waals surface area contributed by atoms with Gasteiger partial charge in [0.25, 0.3) is 0 Å². The molecule has 0 saturated carbocycles. The highest BCUT2D eigenvalue weighted by Gasteiger charge is 2.15. The first-order valence-corrected chi connectivity index (χ1v) is 17.4. The SMILES string of the molecule is Cc1cc(-c2cccc(CNCCc3c[nH]cn3)c2)cc(Cl)c1Nc1c(C#N)cnc2cc(-c3cccc(CNCCc4c[nH]cn4)c3)ccc12. The maximum atomic E-state index is 10.1. The van der Waals surface area contributed by atoms with E-state index in [9.17, 15) is 5.26 Å². The number of H-pyrrole nitrogens is 2. The Balaban J connectivity index is 1.07. The fourth-order valence-electron chi connectivity index (χ4n) is 6.26. The Kier molecular flexibility index (Phi) is 10.5. The molecule has 254 valence electrons. The molecular weight excluding hydrogens is 654 g/mol. The van der Waals surface area contributed by atoms with Crippen LogP contribution in [0.15, 0.2) is 110 Å². The van der Waals surface area contributed by atoms with Gasteiger partial charge in [0.05, 0.1) is 51.5 Å². The monoisotopic (exact) mass is 691 g/mol. The topological polar surface area (TPSA) is 130 Å². The van der Waals surface area contributed by atoms with Crippen molar-refractivity contribution < 1.29 is 0 Å². The van der Waals surface area contributed by atoms with E-state index in [4.69, 9.17) is 11.6 Å². The summed E-state index contributed by atoms with van der Waals surface area (Å²) in [6.07, 6.45) is 10.6. The lowest BCUT2D eigenvalue weighted by atomic mass is 9.99. The van der Waals surface area contributed by atoms with Crippen LogP contribution < -0.4 is 16.0 Å². The van der Waals surface area contributed by atoms with Crippen LogP contribution >= 0.6 is 11.6 Å². The van der Waals surface area contributed by atoms with E-state index in [1.165, 1.54) is 11.1 Å². The van der Waals surface area contributed by atoms with Gasteiger partial charge in [0, 0.05) is 63.0 Å². The van der Waals surface area contributed by atoms with E-state index < -0.39 is 0 Å². The van der Waals surface area contributed by atoms with Gasteiger partial charge in [0.15, 0.2) is 0 Å². The molecule has 0 saturated heterocycles. The molecule has 0 unspecified atom stereocenters. The van der Waals surface area contributed by atoms with Gasteiger partial charge in [0.1, 0.15) is 6.07 Å². The number of nitrogens with one attached hydrogen (secondary N) is 5. The van der Waals surface area contributed by atoms with Gasteiger partial charge >= 0.3 is 0 Å². The molecule has 0 aliphatic rings. The number of rotatable bonds is 14. The van der Waals surface area contributed by atoms with E-state index in [-0.39, 0.29) is 0 Å². The van der Waals surface area contributed by atoms with E-state index >= 15 is 0 Å². The minimum Gasteiger partial charge on any atom is -0.352 e. The van der Waals surface area contributed by atoms with E-state index in [1.807, 2.05) is 31.5 Å². The summed E-state index contributed by atoms with van der Waals surface area (Å²) < 4.78 is 0. The standard InChI is InChI=1S/C41H38ClN9/c1-27-14-33(31-7-3-5-29(16-31)21-45-13-11-36-24-47-26-50-36)17-38(42)40(27)51-41-34(19-43)22-48-39-18-32(8-9-37(39)41)30-6-2-4-28(15-30)20-44-12-10-35-23-46-25-49-35/h2-9,14-18,22-26,44-45H,10-13,20-21H2,1H3,(H,46,49)(H,47,50)(H,48,51). The highest BCUT2D eigenvalue weighted by Crippen LogP contribution is 2.38. The Morgan fingerprint density at radius 1 is 0.706 bits per heavy atom. The van der Waals surface area contributed by atoms with E-state index in [2.05, 4.69) is 114 Å². The highest BCUT2D eigenvalue weighted by atomic mass is 35.5. The van der Waals surface area contributed by atoms with Crippen LogP contribution in [0.4, 0.5) is 11.4 Å². The number of imidazole rings is 2. The lowest BCUT2D eigenvalue weighted by molar-refractivity contribution is 0.681. The summed E-state index contributed by atoms with van der Waals surface area (Å²) in [4.78, 5) is 19.2. The van der Waals surface area contributed by atoms with E-state index in [0.717, 1.165) is 94.8 Å². The number of benzene rings is 4.